The van der Waals surface area contributed by atoms with E-state index < -0.39 is 0 Å². The fourth-order valence-corrected chi connectivity index (χ4v) is 3.18. The summed E-state index contributed by atoms with van der Waals surface area (Å²) in [5, 5.41) is 3.97. The van der Waals surface area contributed by atoms with E-state index in [1.54, 1.807) is 11.3 Å². The third-order valence-corrected chi connectivity index (χ3v) is 4.29. The molecule has 13 heavy (non-hydrogen) atoms. The first-order chi connectivity index (χ1) is 6.22. The third-order valence-electron chi connectivity index (χ3n) is 1.67. The molecule has 0 N–H and O–H groups in total. The summed E-state index contributed by atoms with van der Waals surface area (Å²) in [6.45, 7) is 4.25. The minimum absolute atomic E-state index is 0.640. The van der Waals surface area contributed by atoms with Crippen LogP contribution in [0.3, 0.4) is 0 Å². The van der Waals surface area contributed by atoms with Gasteiger partial charge >= 0.3 is 0 Å². The summed E-state index contributed by atoms with van der Waals surface area (Å²) in [7, 11) is 0. The van der Waals surface area contributed by atoms with E-state index in [2.05, 4.69) is 17.3 Å². The van der Waals surface area contributed by atoms with Crippen LogP contribution in [0.2, 0.25) is 0 Å². The highest BCUT2D eigenvalue weighted by Gasteiger charge is 2.04. The van der Waals surface area contributed by atoms with Crippen LogP contribution in [0.15, 0.2) is 5.38 Å². The normalized spacial score (nSPS) is 13.2. The fraction of sp³-hybridized carbons (Fsp3) is 0.667. The van der Waals surface area contributed by atoms with Crippen molar-refractivity contribution in [3.05, 3.63) is 16.1 Å². The van der Waals surface area contributed by atoms with Crippen LogP contribution in [0.25, 0.3) is 0 Å². The first kappa shape index (κ1) is 11.3. The van der Waals surface area contributed by atoms with Crippen molar-refractivity contribution in [2.75, 3.05) is 5.88 Å². The highest BCUT2D eigenvalue weighted by Crippen LogP contribution is 2.22. The van der Waals surface area contributed by atoms with Crippen molar-refractivity contribution in [2.45, 2.75) is 31.3 Å². The molecule has 0 spiro atoms. The van der Waals surface area contributed by atoms with Gasteiger partial charge in [0.1, 0.15) is 5.01 Å². The van der Waals surface area contributed by atoms with Gasteiger partial charge in [-0.25, -0.2) is 4.98 Å². The maximum absolute atomic E-state index is 5.66. The molecule has 1 aromatic rings. The van der Waals surface area contributed by atoms with Crippen LogP contribution >= 0.6 is 34.7 Å². The van der Waals surface area contributed by atoms with Gasteiger partial charge in [-0.15, -0.1) is 22.9 Å². The summed E-state index contributed by atoms with van der Waals surface area (Å²) in [5.41, 5.74) is 1.13. The molecule has 0 saturated heterocycles. The molecule has 0 aliphatic carbocycles. The quantitative estimate of drug-likeness (QED) is 0.722. The van der Waals surface area contributed by atoms with Crippen LogP contribution in [0.4, 0.5) is 0 Å². The van der Waals surface area contributed by atoms with E-state index in [1.165, 1.54) is 5.01 Å². The highest BCUT2D eigenvalue weighted by molar-refractivity contribution is 7.99. The molecule has 0 radical (unpaired) electrons. The summed E-state index contributed by atoms with van der Waals surface area (Å²) >= 11 is 9.33. The van der Waals surface area contributed by atoms with Gasteiger partial charge in [0, 0.05) is 28.0 Å². The summed E-state index contributed by atoms with van der Waals surface area (Å²) < 4.78 is 0. The van der Waals surface area contributed by atoms with Gasteiger partial charge in [-0.05, 0) is 13.3 Å². The molecule has 1 nitrogen and oxygen atoms in total. The SMILES string of the molecule is Cc1csc(CSC(C)CCCl)n1. The van der Waals surface area contributed by atoms with Crippen LogP contribution in [0, 0.1) is 6.92 Å². The lowest BCUT2D eigenvalue weighted by Crippen LogP contribution is -1.97. The van der Waals surface area contributed by atoms with E-state index in [0.29, 0.717) is 5.25 Å². The summed E-state index contributed by atoms with van der Waals surface area (Å²) in [5.74, 6) is 1.78. The van der Waals surface area contributed by atoms with Gasteiger partial charge in [-0.1, -0.05) is 6.92 Å². The molecule has 1 unspecified atom stereocenters. The smallest absolute Gasteiger partial charge is 0.103 e. The minimum Gasteiger partial charge on any atom is -0.246 e. The van der Waals surface area contributed by atoms with Crippen molar-refractivity contribution >= 4 is 34.7 Å². The van der Waals surface area contributed by atoms with Gasteiger partial charge in [-0.2, -0.15) is 11.8 Å². The molecule has 0 bridgehead atoms. The average Bonchev–Trinajstić information content (AvgIpc) is 2.49. The van der Waals surface area contributed by atoms with Crippen LogP contribution < -0.4 is 0 Å². The second kappa shape index (κ2) is 5.89. The van der Waals surface area contributed by atoms with Crippen molar-refractivity contribution in [1.82, 2.24) is 4.98 Å². The predicted molar refractivity (Wildman–Crippen MR) is 62.9 cm³/mol. The van der Waals surface area contributed by atoms with Crippen LogP contribution in [-0.2, 0) is 5.75 Å². The van der Waals surface area contributed by atoms with Crippen LogP contribution in [0.1, 0.15) is 24.0 Å². The Kier molecular flexibility index (Phi) is 5.14. The first-order valence-electron chi connectivity index (χ1n) is 4.31. The third kappa shape index (κ3) is 4.34. The van der Waals surface area contributed by atoms with E-state index >= 15 is 0 Å². The number of hydrogen-bond donors (Lipinski definition) is 0. The van der Waals surface area contributed by atoms with Gasteiger partial charge in [0.05, 0.1) is 0 Å². The number of nitrogens with zero attached hydrogens (tertiary/aromatic N) is 1. The minimum atomic E-state index is 0.640. The van der Waals surface area contributed by atoms with Gasteiger partial charge in [0.2, 0.25) is 0 Å². The second-order valence-electron chi connectivity index (χ2n) is 2.98. The Morgan fingerprint density at radius 2 is 2.46 bits per heavy atom. The number of aryl methyl sites for hydroxylation is 1. The molecule has 4 heteroatoms. The number of alkyl halides is 1. The van der Waals surface area contributed by atoms with Gasteiger partial charge in [0.15, 0.2) is 0 Å². The van der Waals surface area contributed by atoms with Crippen molar-refractivity contribution in [3.63, 3.8) is 0 Å². The molecule has 0 fully saturated rings. The van der Waals surface area contributed by atoms with Crippen LogP contribution in [-0.4, -0.2) is 16.1 Å². The zero-order chi connectivity index (χ0) is 9.68. The van der Waals surface area contributed by atoms with Crippen molar-refractivity contribution in [2.24, 2.45) is 0 Å². The van der Waals surface area contributed by atoms with E-state index in [4.69, 9.17) is 11.6 Å². The fourth-order valence-electron chi connectivity index (χ4n) is 0.920. The summed E-state index contributed by atoms with van der Waals surface area (Å²) in [6, 6.07) is 0. The number of aromatic nitrogens is 1. The molecule has 1 heterocycles. The molecule has 0 saturated carbocycles. The Balaban J connectivity index is 2.26. The molecule has 74 valence electrons. The molecular formula is C9H14ClNS2. The van der Waals surface area contributed by atoms with Crippen molar-refractivity contribution < 1.29 is 0 Å². The zero-order valence-electron chi connectivity index (χ0n) is 7.92. The Labute approximate surface area is 92.9 Å². The first-order valence-corrected chi connectivity index (χ1v) is 6.77. The largest absolute Gasteiger partial charge is 0.246 e. The monoisotopic (exact) mass is 235 g/mol. The molecular weight excluding hydrogens is 222 g/mol. The number of thioether (sulfide) groups is 1. The van der Waals surface area contributed by atoms with E-state index in [0.717, 1.165) is 23.7 Å². The molecule has 0 aliphatic heterocycles. The van der Waals surface area contributed by atoms with E-state index in [1.807, 2.05) is 18.7 Å². The standard InChI is InChI=1S/C9H14ClNS2/c1-7-5-13-9(11-7)6-12-8(2)3-4-10/h5,8H,3-4,6H2,1-2H3. The molecule has 1 atom stereocenters. The zero-order valence-corrected chi connectivity index (χ0v) is 10.3. The lowest BCUT2D eigenvalue weighted by molar-refractivity contribution is 0.911. The Morgan fingerprint density at radius 1 is 1.69 bits per heavy atom. The molecule has 0 aromatic carbocycles. The van der Waals surface area contributed by atoms with E-state index in [9.17, 15) is 0 Å². The van der Waals surface area contributed by atoms with Gasteiger partial charge in [0.25, 0.3) is 0 Å². The number of rotatable bonds is 5. The average molecular weight is 236 g/mol. The number of halogens is 1. The van der Waals surface area contributed by atoms with E-state index in [-0.39, 0.29) is 0 Å². The second-order valence-corrected chi connectivity index (χ2v) is 5.73. The van der Waals surface area contributed by atoms with Gasteiger partial charge in [-0.3, -0.25) is 0 Å². The Bertz CT molecular complexity index is 250. The lowest BCUT2D eigenvalue weighted by Gasteiger charge is -2.06. The maximum atomic E-state index is 5.66. The highest BCUT2D eigenvalue weighted by atomic mass is 35.5. The predicted octanol–water partition coefficient (Wildman–Crippen LogP) is 3.70. The Hall–Kier alpha value is 0.270. The molecule has 0 amide bonds. The summed E-state index contributed by atoms with van der Waals surface area (Å²) in [6.07, 6.45) is 1.08. The topological polar surface area (TPSA) is 12.9 Å². The Morgan fingerprint density at radius 3 is 3.00 bits per heavy atom. The number of thiazole rings is 1. The number of hydrogen-bond acceptors (Lipinski definition) is 3. The summed E-state index contributed by atoms with van der Waals surface area (Å²) in [4.78, 5) is 4.41. The van der Waals surface area contributed by atoms with Gasteiger partial charge < -0.3 is 0 Å². The molecule has 1 aromatic heterocycles. The van der Waals surface area contributed by atoms with Crippen molar-refractivity contribution in [1.29, 1.82) is 0 Å². The van der Waals surface area contributed by atoms with Crippen molar-refractivity contribution in [3.8, 4) is 0 Å². The van der Waals surface area contributed by atoms with Crippen LogP contribution in [0.5, 0.6) is 0 Å². The molecule has 1 rings (SSSR count). The molecule has 0 aliphatic rings. The lowest BCUT2D eigenvalue weighted by atomic mass is 10.4. The maximum Gasteiger partial charge on any atom is 0.103 e.